The summed E-state index contributed by atoms with van der Waals surface area (Å²) >= 11 is 1.52. The Bertz CT molecular complexity index is 750. The molecule has 2 atom stereocenters. The monoisotopic (exact) mass is 313 g/mol. The van der Waals surface area contributed by atoms with E-state index in [0.29, 0.717) is 13.0 Å². The SMILES string of the molecule is CCOC1=CC2=C(C1)SC(C1C(=O)Nc3ccccc31)C2=O. The lowest BCUT2D eigenvalue weighted by molar-refractivity contribution is -0.121. The van der Waals surface area contributed by atoms with E-state index in [-0.39, 0.29) is 16.9 Å². The first-order chi connectivity index (χ1) is 10.7. The highest BCUT2D eigenvalue weighted by atomic mass is 32.2. The predicted molar refractivity (Wildman–Crippen MR) is 85.6 cm³/mol. The molecule has 0 saturated heterocycles. The average molecular weight is 313 g/mol. The molecule has 0 fully saturated rings. The molecule has 1 aliphatic carbocycles. The zero-order valence-electron chi connectivity index (χ0n) is 12.1. The Balaban J connectivity index is 1.62. The van der Waals surface area contributed by atoms with Crippen LogP contribution in [0.1, 0.15) is 24.8 Å². The highest BCUT2D eigenvalue weighted by Crippen LogP contribution is 2.50. The van der Waals surface area contributed by atoms with Gasteiger partial charge in [-0.15, -0.1) is 11.8 Å². The number of rotatable bonds is 3. The van der Waals surface area contributed by atoms with E-state index in [9.17, 15) is 9.59 Å². The van der Waals surface area contributed by atoms with Crippen molar-refractivity contribution in [3.8, 4) is 0 Å². The molecule has 4 nitrogen and oxygen atoms in total. The Morgan fingerprint density at radius 3 is 2.91 bits per heavy atom. The summed E-state index contributed by atoms with van der Waals surface area (Å²) in [6.07, 6.45) is 2.51. The maximum atomic E-state index is 12.7. The molecular weight excluding hydrogens is 298 g/mol. The maximum absolute atomic E-state index is 12.7. The Hall–Kier alpha value is -2.01. The largest absolute Gasteiger partial charge is 0.498 e. The van der Waals surface area contributed by atoms with E-state index in [1.807, 2.05) is 37.3 Å². The topological polar surface area (TPSA) is 55.4 Å². The van der Waals surface area contributed by atoms with Crippen molar-refractivity contribution in [2.24, 2.45) is 0 Å². The van der Waals surface area contributed by atoms with Crippen LogP contribution in [0.25, 0.3) is 0 Å². The van der Waals surface area contributed by atoms with Gasteiger partial charge in [0, 0.05) is 22.6 Å². The molecule has 0 bridgehead atoms. The summed E-state index contributed by atoms with van der Waals surface area (Å²) in [5.41, 5.74) is 2.48. The third-order valence-corrected chi connectivity index (χ3v) is 5.59. The fraction of sp³-hybridized carbons (Fsp3) is 0.294. The van der Waals surface area contributed by atoms with Gasteiger partial charge in [-0.25, -0.2) is 0 Å². The van der Waals surface area contributed by atoms with E-state index < -0.39 is 5.92 Å². The normalized spacial score (nSPS) is 26.0. The number of ketones is 1. The molecular formula is C17H15NO3S. The number of fused-ring (bicyclic) bond motifs is 1. The molecule has 112 valence electrons. The number of allylic oxidation sites excluding steroid dienone is 3. The third-order valence-electron chi connectivity index (χ3n) is 4.20. The van der Waals surface area contributed by atoms with Crippen LogP contribution in [0, 0.1) is 0 Å². The molecule has 22 heavy (non-hydrogen) atoms. The number of thioether (sulfide) groups is 1. The minimum Gasteiger partial charge on any atom is -0.498 e. The third kappa shape index (κ3) is 1.92. The van der Waals surface area contributed by atoms with Gasteiger partial charge < -0.3 is 10.1 Å². The van der Waals surface area contributed by atoms with Crippen molar-refractivity contribution < 1.29 is 14.3 Å². The number of ether oxygens (including phenoxy) is 1. The molecule has 1 amide bonds. The van der Waals surface area contributed by atoms with Gasteiger partial charge in [0.2, 0.25) is 5.91 Å². The summed E-state index contributed by atoms with van der Waals surface area (Å²) in [5, 5.41) is 2.52. The van der Waals surface area contributed by atoms with Gasteiger partial charge in [0.15, 0.2) is 5.78 Å². The van der Waals surface area contributed by atoms with Crippen LogP contribution in [0.5, 0.6) is 0 Å². The second-order valence-electron chi connectivity index (χ2n) is 5.51. The number of amides is 1. The fourth-order valence-corrected chi connectivity index (χ4v) is 4.71. The Labute approximate surface area is 132 Å². The van der Waals surface area contributed by atoms with Gasteiger partial charge >= 0.3 is 0 Å². The van der Waals surface area contributed by atoms with Crippen molar-refractivity contribution >= 4 is 29.1 Å². The lowest BCUT2D eigenvalue weighted by Gasteiger charge is -2.17. The van der Waals surface area contributed by atoms with Crippen molar-refractivity contribution in [2.75, 3.05) is 11.9 Å². The number of hydrogen-bond acceptors (Lipinski definition) is 4. The molecule has 5 heteroatoms. The van der Waals surface area contributed by atoms with Gasteiger partial charge in [-0.3, -0.25) is 9.59 Å². The number of benzene rings is 1. The number of carbonyl (C=O) groups is 2. The molecule has 1 aromatic rings. The molecule has 4 rings (SSSR count). The van der Waals surface area contributed by atoms with Crippen LogP contribution >= 0.6 is 11.8 Å². The van der Waals surface area contributed by atoms with E-state index in [2.05, 4.69) is 5.32 Å². The van der Waals surface area contributed by atoms with E-state index in [0.717, 1.165) is 27.5 Å². The highest BCUT2D eigenvalue weighted by molar-refractivity contribution is 8.05. The number of anilines is 1. The van der Waals surface area contributed by atoms with Crippen molar-refractivity contribution in [1.29, 1.82) is 0 Å². The fourth-order valence-electron chi connectivity index (χ4n) is 3.25. The molecule has 1 aromatic carbocycles. The summed E-state index contributed by atoms with van der Waals surface area (Å²) < 4.78 is 5.50. The second-order valence-corrected chi connectivity index (χ2v) is 6.75. The van der Waals surface area contributed by atoms with E-state index in [1.165, 1.54) is 11.8 Å². The minimum absolute atomic E-state index is 0.0477. The summed E-state index contributed by atoms with van der Waals surface area (Å²) in [4.78, 5) is 26.1. The summed E-state index contributed by atoms with van der Waals surface area (Å²) in [7, 11) is 0. The molecule has 0 saturated carbocycles. The molecule has 0 aromatic heterocycles. The zero-order chi connectivity index (χ0) is 15.3. The highest BCUT2D eigenvalue weighted by Gasteiger charge is 2.46. The van der Waals surface area contributed by atoms with Crippen LogP contribution in [-0.2, 0) is 14.3 Å². The first-order valence-electron chi connectivity index (χ1n) is 7.36. The van der Waals surface area contributed by atoms with Gasteiger partial charge in [-0.2, -0.15) is 0 Å². The number of hydrogen-bond donors (Lipinski definition) is 1. The lowest BCUT2D eigenvalue weighted by Crippen LogP contribution is -2.28. The van der Waals surface area contributed by atoms with Gasteiger partial charge in [0.1, 0.15) is 5.76 Å². The molecule has 0 spiro atoms. The standard InChI is InChI=1S/C17H15NO3S/c1-2-21-9-7-11-13(8-9)22-16(15(11)19)14-10-5-3-4-6-12(10)18-17(14)20/h3-7,14,16H,2,8H2,1H3,(H,18,20). The van der Waals surface area contributed by atoms with Crippen LogP contribution in [0.15, 0.2) is 46.6 Å². The van der Waals surface area contributed by atoms with Gasteiger partial charge in [-0.05, 0) is 24.6 Å². The van der Waals surface area contributed by atoms with Crippen LogP contribution < -0.4 is 5.32 Å². The van der Waals surface area contributed by atoms with E-state index in [1.54, 1.807) is 0 Å². The van der Waals surface area contributed by atoms with Crippen molar-refractivity contribution in [3.63, 3.8) is 0 Å². The lowest BCUT2D eigenvalue weighted by atomic mass is 9.92. The quantitative estimate of drug-likeness (QED) is 0.932. The first-order valence-corrected chi connectivity index (χ1v) is 8.24. The number of Topliss-reactive ketones (excluding diaryl/α,β-unsaturated/α-hetero) is 1. The van der Waals surface area contributed by atoms with Crippen molar-refractivity contribution in [2.45, 2.75) is 24.5 Å². The van der Waals surface area contributed by atoms with Crippen LogP contribution in [0.3, 0.4) is 0 Å². The summed E-state index contributed by atoms with van der Waals surface area (Å²) in [6.45, 7) is 2.54. The molecule has 0 radical (unpaired) electrons. The summed E-state index contributed by atoms with van der Waals surface area (Å²) in [6, 6.07) is 7.60. The van der Waals surface area contributed by atoms with Crippen LogP contribution in [0.4, 0.5) is 5.69 Å². The van der Waals surface area contributed by atoms with Crippen LogP contribution in [-0.4, -0.2) is 23.5 Å². The zero-order valence-corrected chi connectivity index (χ0v) is 12.9. The number of nitrogens with one attached hydrogen (secondary N) is 1. The molecule has 3 aliphatic rings. The average Bonchev–Trinajstić information content (AvgIpc) is 3.12. The smallest absolute Gasteiger partial charge is 0.233 e. The number of carbonyl (C=O) groups excluding carboxylic acids is 2. The second kappa shape index (κ2) is 5.02. The van der Waals surface area contributed by atoms with Crippen LogP contribution in [0.2, 0.25) is 0 Å². The van der Waals surface area contributed by atoms with E-state index >= 15 is 0 Å². The summed E-state index contributed by atoms with van der Waals surface area (Å²) in [5.74, 6) is 0.417. The molecule has 1 N–H and O–H groups in total. The predicted octanol–water partition coefficient (Wildman–Crippen LogP) is 2.99. The Morgan fingerprint density at radius 1 is 1.32 bits per heavy atom. The number of para-hydroxylation sites is 1. The maximum Gasteiger partial charge on any atom is 0.233 e. The Morgan fingerprint density at radius 2 is 2.14 bits per heavy atom. The molecule has 2 aliphatic heterocycles. The molecule has 2 heterocycles. The van der Waals surface area contributed by atoms with Gasteiger partial charge in [0.05, 0.1) is 17.8 Å². The molecule has 2 unspecified atom stereocenters. The van der Waals surface area contributed by atoms with Crippen molar-refractivity contribution in [1.82, 2.24) is 0 Å². The minimum atomic E-state index is -0.400. The Kier molecular flexibility index (Phi) is 3.11. The van der Waals surface area contributed by atoms with Crippen molar-refractivity contribution in [3.05, 3.63) is 52.1 Å². The van der Waals surface area contributed by atoms with E-state index in [4.69, 9.17) is 4.74 Å². The van der Waals surface area contributed by atoms with Gasteiger partial charge in [-0.1, -0.05) is 18.2 Å². The van der Waals surface area contributed by atoms with Gasteiger partial charge in [0.25, 0.3) is 0 Å². The first kappa shape index (κ1) is 13.6.